The van der Waals surface area contributed by atoms with Crippen molar-refractivity contribution in [1.82, 2.24) is 19.1 Å². The molecule has 28 heavy (non-hydrogen) atoms. The Morgan fingerprint density at radius 3 is 2.54 bits per heavy atom. The Kier molecular flexibility index (Phi) is 4.68. The molecule has 144 valence electrons. The van der Waals surface area contributed by atoms with Gasteiger partial charge in [0.05, 0.1) is 12.5 Å². The number of amides is 1. The minimum atomic E-state index is -0.902. The van der Waals surface area contributed by atoms with E-state index < -0.39 is 11.9 Å². The van der Waals surface area contributed by atoms with Gasteiger partial charge in [0, 0.05) is 31.6 Å². The highest BCUT2D eigenvalue weighted by Crippen LogP contribution is 2.33. The number of carboxylic acid groups (broad SMARTS) is 1. The molecule has 2 atom stereocenters. The zero-order valence-corrected chi connectivity index (χ0v) is 15.1. The lowest BCUT2D eigenvalue weighted by Gasteiger charge is -2.16. The number of carbonyl (C=O) groups excluding carboxylic acids is 1. The molecule has 1 saturated heterocycles. The number of carbonyl (C=O) groups is 2. The molecule has 0 radical (unpaired) electrons. The fraction of sp³-hybridized carbons (Fsp3) is 0.300. The molecule has 8 nitrogen and oxygen atoms in total. The summed E-state index contributed by atoms with van der Waals surface area (Å²) in [6.07, 6.45) is 1.73. The first-order valence-corrected chi connectivity index (χ1v) is 9.14. The van der Waals surface area contributed by atoms with Gasteiger partial charge < -0.3 is 10.0 Å². The summed E-state index contributed by atoms with van der Waals surface area (Å²) in [5.74, 6) is -1.95. The first-order valence-electron chi connectivity index (χ1n) is 9.14. The monoisotopic (exact) mass is 380 g/mol. The van der Waals surface area contributed by atoms with E-state index in [2.05, 4.69) is 5.10 Å². The Balaban J connectivity index is 1.46. The Morgan fingerprint density at radius 2 is 1.82 bits per heavy atom. The standard InChI is InChI=1S/C20H20N4O4/c25-18(9-11-24-20(28)23-10-5-4-8-17(23)21-24)22-12-15(16(13-22)19(26)27)14-6-2-1-3-7-14/h1-8,10,15-16H,9,11-13H2,(H,26,27). The van der Waals surface area contributed by atoms with Gasteiger partial charge in [-0.05, 0) is 17.7 Å². The van der Waals surface area contributed by atoms with Crippen LogP contribution in [0.15, 0.2) is 59.5 Å². The minimum absolute atomic E-state index is 0.0949. The molecule has 8 heteroatoms. The average Bonchev–Trinajstić information content (AvgIpc) is 3.29. The van der Waals surface area contributed by atoms with Gasteiger partial charge in [0.1, 0.15) is 0 Å². The smallest absolute Gasteiger partial charge is 0.350 e. The molecular formula is C20H20N4O4. The van der Waals surface area contributed by atoms with Crippen LogP contribution in [0, 0.1) is 5.92 Å². The number of hydrogen-bond donors (Lipinski definition) is 1. The first-order chi connectivity index (χ1) is 13.5. The molecule has 4 rings (SSSR count). The van der Waals surface area contributed by atoms with Crippen LogP contribution in [0.3, 0.4) is 0 Å². The van der Waals surface area contributed by atoms with Gasteiger partial charge in [-0.2, -0.15) is 0 Å². The number of carboxylic acids is 1. The predicted molar refractivity (Wildman–Crippen MR) is 101 cm³/mol. The van der Waals surface area contributed by atoms with Gasteiger partial charge in [-0.25, -0.2) is 9.48 Å². The summed E-state index contributed by atoms with van der Waals surface area (Å²) in [5.41, 5.74) is 1.15. The number of rotatable bonds is 5. The van der Waals surface area contributed by atoms with Gasteiger partial charge in [-0.1, -0.05) is 36.4 Å². The van der Waals surface area contributed by atoms with Gasteiger partial charge in [0.15, 0.2) is 5.65 Å². The van der Waals surface area contributed by atoms with Gasteiger partial charge in [0.25, 0.3) is 0 Å². The second-order valence-electron chi connectivity index (χ2n) is 6.95. The van der Waals surface area contributed by atoms with Crippen molar-refractivity contribution >= 4 is 17.5 Å². The van der Waals surface area contributed by atoms with Gasteiger partial charge in [-0.15, -0.1) is 5.10 Å². The molecule has 2 unspecified atom stereocenters. The Labute approximate surface area is 160 Å². The summed E-state index contributed by atoms with van der Waals surface area (Å²) >= 11 is 0. The number of fused-ring (bicyclic) bond motifs is 1. The lowest BCUT2D eigenvalue weighted by molar-refractivity contribution is -0.141. The Morgan fingerprint density at radius 1 is 1.07 bits per heavy atom. The van der Waals surface area contributed by atoms with Crippen LogP contribution in [0.1, 0.15) is 17.9 Å². The van der Waals surface area contributed by atoms with E-state index in [1.54, 1.807) is 29.3 Å². The van der Waals surface area contributed by atoms with E-state index in [-0.39, 0.29) is 37.0 Å². The summed E-state index contributed by atoms with van der Waals surface area (Å²) in [6.45, 7) is 0.692. The quantitative estimate of drug-likeness (QED) is 0.718. The molecule has 1 aromatic carbocycles. The van der Waals surface area contributed by atoms with Crippen molar-refractivity contribution in [2.24, 2.45) is 5.92 Å². The maximum atomic E-state index is 12.7. The van der Waals surface area contributed by atoms with Crippen LogP contribution >= 0.6 is 0 Å². The summed E-state index contributed by atoms with van der Waals surface area (Å²) in [4.78, 5) is 38.2. The number of pyridine rings is 1. The fourth-order valence-corrected chi connectivity index (χ4v) is 3.77. The molecule has 1 aliphatic rings. The SMILES string of the molecule is O=C(O)C1CN(C(=O)CCn2nc3ccccn3c2=O)CC1c1ccccc1. The lowest BCUT2D eigenvalue weighted by Crippen LogP contribution is -2.32. The normalized spacial score (nSPS) is 19.2. The number of benzene rings is 1. The summed E-state index contributed by atoms with van der Waals surface area (Å²) in [5, 5.41) is 13.8. The molecule has 1 amide bonds. The number of aromatic nitrogens is 3. The summed E-state index contributed by atoms with van der Waals surface area (Å²) in [6, 6.07) is 14.7. The number of aryl methyl sites for hydroxylation is 1. The second-order valence-corrected chi connectivity index (χ2v) is 6.95. The van der Waals surface area contributed by atoms with E-state index in [1.807, 2.05) is 30.3 Å². The molecule has 2 aromatic heterocycles. The molecule has 0 bridgehead atoms. The van der Waals surface area contributed by atoms with Crippen LogP contribution in [0.25, 0.3) is 5.65 Å². The molecular weight excluding hydrogens is 360 g/mol. The third-order valence-corrected chi connectivity index (χ3v) is 5.24. The average molecular weight is 380 g/mol. The Bertz CT molecular complexity index is 1070. The van der Waals surface area contributed by atoms with Crippen LogP contribution < -0.4 is 5.69 Å². The van der Waals surface area contributed by atoms with E-state index in [0.29, 0.717) is 12.2 Å². The largest absolute Gasteiger partial charge is 0.481 e. The van der Waals surface area contributed by atoms with Gasteiger partial charge in [0.2, 0.25) is 5.91 Å². The number of likely N-dealkylation sites (tertiary alicyclic amines) is 1. The number of nitrogens with zero attached hydrogens (tertiary/aromatic N) is 4. The molecule has 0 saturated carbocycles. The van der Waals surface area contributed by atoms with E-state index >= 15 is 0 Å². The van der Waals surface area contributed by atoms with Crippen LogP contribution in [-0.4, -0.2) is 49.2 Å². The lowest BCUT2D eigenvalue weighted by atomic mass is 9.89. The van der Waals surface area contributed by atoms with E-state index in [1.165, 1.54) is 9.08 Å². The molecule has 0 aliphatic carbocycles. The fourth-order valence-electron chi connectivity index (χ4n) is 3.77. The van der Waals surface area contributed by atoms with Gasteiger partial charge >= 0.3 is 11.7 Å². The summed E-state index contributed by atoms with van der Waals surface area (Å²) < 4.78 is 2.69. The predicted octanol–water partition coefficient (Wildman–Crippen LogP) is 1.21. The Hall–Kier alpha value is -3.42. The maximum Gasteiger partial charge on any atom is 0.350 e. The van der Waals surface area contributed by atoms with E-state index in [4.69, 9.17) is 0 Å². The van der Waals surface area contributed by atoms with Crippen molar-refractivity contribution in [2.75, 3.05) is 13.1 Å². The molecule has 1 fully saturated rings. The van der Waals surface area contributed by atoms with Crippen molar-refractivity contribution in [3.8, 4) is 0 Å². The topological polar surface area (TPSA) is 96.9 Å². The van der Waals surface area contributed by atoms with Crippen LogP contribution in [0.4, 0.5) is 0 Å². The van der Waals surface area contributed by atoms with Crippen LogP contribution in [-0.2, 0) is 16.1 Å². The van der Waals surface area contributed by atoms with Crippen LogP contribution in [0.2, 0.25) is 0 Å². The highest BCUT2D eigenvalue weighted by atomic mass is 16.4. The van der Waals surface area contributed by atoms with Crippen molar-refractivity contribution in [1.29, 1.82) is 0 Å². The van der Waals surface area contributed by atoms with E-state index in [9.17, 15) is 19.5 Å². The first kappa shape index (κ1) is 18.0. The molecule has 3 heterocycles. The molecule has 3 aromatic rings. The van der Waals surface area contributed by atoms with Crippen molar-refractivity contribution in [3.05, 3.63) is 70.8 Å². The highest BCUT2D eigenvalue weighted by Gasteiger charge is 2.40. The number of aliphatic carboxylic acids is 1. The molecule has 0 spiro atoms. The third-order valence-electron chi connectivity index (χ3n) is 5.24. The van der Waals surface area contributed by atoms with Crippen molar-refractivity contribution in [3.63, 3.8) is 0 Å². The molecule has 1 aliphatic heterocycles. The molecule has 1 N–H and O–H groups in total. The second kappa shape index (κ2) is 7.30. The maximum absolute atomic E-state index is 12.7. The minimum Gasteiger partial charge on any atom is -0.481 e. The number of hydrogen-bond acceptors (Lipinski definition) is 4. The van der Waals surface area contributed by atoms with Crippen LogP contribution in [0.5, 0.6) is 0 Å². The van der Waals surface area contributed by atoms with Crippen molar-refractivity contribution in [2.45, 2.75) is 18.9 Å². The van der Waals surface area contributed by atoms with E-state index in [0.717, 1.165) is 5.56 Å². The van der Waals surface area contributed by atoms with Gasteiger partial charge in [-0.3, -0.25) is 14.0 Å². The summed E-state index contributed by atoms with van der Waals surface area (Å²) in [7, 11) is 0. The zero-order valence-electron chi connectivity index (χ0n) is 15.1. The highest BCUT2D eigenvalue weighted by molar-refractivity contribution is 5.79. The third kappa shape index (κ3) is 3.28. The zero-order chi connectivity index (χ0) is 19.7. The van der Waals surface area contributed by atoms with Crippen molar-refractivity contribution < 1.29 is 14.7 Å².